The molecular formula is C20H23BrN2O2S. The summed E-state index contributed by atoms with van der Waals surface area (Å²) in [6.07, 6.45) is 2.44. The maximum absolute atomic E-state index is 12.3. The first kappa shape index (κ1) is 20.5. The largest absolute Gasteiger partial charge is 0.326 e. The number of carbonyl (C=O) groups is 2. The van der Waals surface area contributed by atoms with Crippen LogP contribution in [0.15, 0.2) is 57.9 Å². The van der Waals surface area contributed by atoms with Crippen LogP contribution in [0.5, 0.6) is 0 Å². The molecule has 1 unspecified atom stereocenters. The Morgan fingerprint density at radius 2 is 1.58 bits per heavy atom. The van der Waals surface area contributed by atoms with Crippen LogP contribution in [-0.4, -0.2) is 17.1 Å². The van der Waals surface area contributed by atoms with Gasteiger partial charge in [-0.05, 0) is 61.9 Å². The Morgan fingerprint density at radius 1 is 1.00 bits per heavy atom. The van der Waals surface area contributed by atoms with Gasteiger partial charge in [-0.3, -0.25) is 9.59 Å². The second-order valence-corrected chi connectivity index (χ2v) is 8.26. The average molecular weight is 435 g/mol. The van der Waals surface area contributed by atoms with Gasteiger partial charge in [0.2, 0.25) is 11.8 Å². The van der Waals surface area contributed by atoms with Crippen molar-refractivity contribution >= 4 is 50.9 Å². The molecule has 0 fully saturated rings. The third kappa shape index (κ3) is 6.84. The fourth-order valence-electron chi connectivity index (χ4n) is 2.21. The summed E-state index contributed by atoms with van der Waals surface area (Å²) in [5.74, 6) is -0.0104. The number of rotatable bonds is 8. The maximum Gasteiger partial charge on any atom is 0.237 e. The quantitative estimate of drug-likeness (QED) is 0.523. The normalized spacial score (nSPS) is 11.7. The molecule has 138 valence electrons. The zero-order valence-corrected chi connectivity index (χ0v) is 17.3. The van der Waals surface area contributed by atoms with Crippen molar-refractivity contribution in [2.75, 3.05) is 10.6 Å². The number of anilines is 2. The Kier molecular flexibility index (Phi) is 8.19. The highest BCUT2D eigenvalue weighted by Crippen LogP contribution is 2.26. The fourth-order valence-corrected chi connectivity index (χ4v) is 3.34. The second kappa shape index (κ2) is 10.4. The maximum atomic E-state index is 12.3. The molecule has 6 heteroatoms. The number of carbonyl (C=O) groups excluding carboxylic acids is 2. The van der Waals surface area contributed by atoms with E-state index in [1.54, 1.807) is 0 Å². The molecule has 4 nitrogen and oxygen atoms in total. The minimum Gasteiger partial charge on any atom is -0.326 e. The van der Waals surface area contributed by atoms with Gasteiger partial charge in [0.05, 0.1) is 5.25 Å². The zero-order valence-electron chi connectivity index (χ0n) is 14.9. The van der Waals surface area contributed by atoms with E-state index >= 15 is 0 Å². The smallest absolute Gasteiger partial charge is 0.237 e. The number of thioether (sulfide) groups is 1. The molecule has 0 bridgehead atoms. The third-order valence-electron chi connectivity index (χ3n) is 3.69. The summed E-state index contributed by atoms with van der Waals surface area (Å²) in [6, 6.07) is 15.1. The molecule has 0 aliphatic carbocycles. The summed E-state index contributed by atoms with van der Waals surface area (Å²) in [6.45, 7) is 3.94. The van der Waals surface area contributed by atoms with Gasteiger partial charge >= 0.3 is 0 Å². The first-order valence-corrected chi connectivity index (χ1v) is 10.3. The lowest BCUT2D eigenvalue weighted by molar-refractivity contribution is -0.116. The summed E-state index contributed by atoms with van der Waals surface area (Å²) in [5, 5.41) is 5.56. The van der Waals surface area contributed by atoms with Crippen LogP contribution in [0.25, 0.3) is 0 Å². The highest BCUT2D eigenvalue weighted by atomic mass is 79.9. The van der Waals surface area contributed by atoms with Crippen LogP contribution in [0.1, 0.15) is 33.1 Å². The molecule has 2 aromatic carbocycles. The minimum atomic E-state index is -0.233. The molecule has 0 saturated carbocycles. The molecule has 2 aromatic rings. The van der Waals surface area contributed by atoms with Gasteiger partial charge in [-0.15, -0.1) is 11.8 Å². The number of nitrogens with one attached hydrogen (secondary N) is 2. The van der Waals surface area contributed by atoms with Gasteiger partial charge in [-0.25, -0.2) is 0 Å². The number of amides is 2. The lowest BCUT2D eigenvalue weighted by Crippen LogP contribution is -2.22. The average Bonchev–Trinajstić information content (AvgIpc) is 2.63. The summed E-state index contributed by atoms with van der Waals surface area (Å²) >= 11 is 4.86. The lowest BCUT2D eigenvalue weighted by Gasteiger charge is -2.12. The standard InChI is InChI=1S/C20H23BrN2O2S/c1-3-4-5-19(24)22-16-10-12-18(13-11-16)26-14(2)20(25)23-17-8-6-15(21)7-9-17/h6-14H,3-5H2,1-2H3,(H,22,24)(H,23,25). The SMILES string of the molecule is CCCCC(=O)Nc1ccc(SC(C)C(=O)Nc2ccc(Br)cc2)cc1. The van der Waals surface area contributed by atoms with Gasteiger partial charge in [0, 0.05) is 27.2 Å². The predicted molar refractivity (Wildman–Crippen MR) is 113 cm³/mol. The van der Waals surface area contributed by atoms with Crippen LogP contribution < -0.4 is 10.6 Å². The van der Waals surface area contributed by atoms with Gasteiger partial charge < -0.3 is 10.6 Å². The molecule has 26 heavy (non-hydrogen) atoms. The number of halogens is 1. The van der Waals surface area contributed by atoms with Crippen molar-refractivity contribution in [3.63, 3.8) is 0 Å². The molecule has 0 aliphatic rings. The van der Waals surface area contributed by atoms with Crippen LogP contribution >= 0.6 is 27.7 Å². The van der Waals surface area contributed by atoms with E-state index in [2.05, 4.69) is 33.5 Å². The topological polar surface area (TPSA) is 58.2 Å². The molecule has 0 heterocycles. The highest BCUT2D eigenvalue weighted by Gasteiger charge is 2.14. The number of hydrogen-bond acceptors (Lipinski definition) is 3. The van der Waals surface area contributed by atoms with Gasteiger partial charge in [-0.1, -0.05) is 29.3 Å². The molecule has 0 radical (unpaired) electrons. The summed E-state index contributed by atoms with van der Waals surface area (Å²) in [5.41, 5.74) is 1.55. The van der Waals surface area contributed by atoms with E-state index in [0.29, 0.717) is 6.42 Å². The molecule has 0 aliphatic heterocycles. The van der Waals surface area contributed by atoms with Crippen molar-refractivity contribution in [1.82, 2.24) is 0 Å². The van der Waals surface area contributed by atoms with Crippen LogP contribution in [0.2, 0.25) is 0 Å². The number of unbranched alkanes of at least 4 members (excludes halogenated alkanes) is 1. The Morgan fingerprint density at radius 3 is 2.19 bits per heavy atom. The second-order valence-electron chi connectivity index (χ2n) is 5.93. The van der Waals surface area contributed by atoms with Crippen LogP contribution in [-0.2, 0) is 9.59 Å². The van der Waals surface area contributed by atoms with Crippen molar-refractivity contribution in [3.8, 4) is 0 Å². The molecule has 2 N–H and O–H groups in total. The molecule has 2 rings (SSSR count). The zero-order chi connectivity index (χ0) is 18.9. The Hall–Kier alpha value is -1.79. The summed E-state index contributed by atoms with van der Waals surface area (Å²) in [7, 11) is 0. The van der Waals surface area contributed by atoms with Crippen molar-refractivity contribution < 1.29 is 9.59 Å². The third-order valence-corrected chi connectivity index (χ3v) is 5.33. The van der Waals surface area contributed by atoms with E-state index < -0.39 is 0 Å². The summed E-state index contributed by atoms with van der Waals surface area (Å²) in [4.78, 5) is 25.0. The van der Waals surface area contributed by atoms with Crippen LogP contribution in [0, 0.1) is 0 Å². The molecule has 0 spiro atoms. The molecule has 0 aromatic heterocycles. The van der Waals surface area contributed by atoms with Crippen LogP contribution in [0.4, 0.5) is 11.4 Å². The Balaban J connectivity index is 1.86. The van der Waals surface area contributed by atoms with Gasteiger partial charge in [0.25, 0.3) is 0 Å². The van der Waals surface area contributed by atoms with E-state index in [1.165, 1.54) is 11.8 Å². The summed E-state index contributed by atoms with van der Waals surface area (Å²) < 4.78 is 0.972. The van der Waals surface area contributed by atoms with Gasteiger partial charge in [-0.2, -0.15) is 0 Å². The Bertz CT molecular complexity index is 732. The Labute approximate surface area is 167 Å². The van der Waals surface area contributed by atoms with E-state index in [-0.39, 0.29) is 17.1 Å². The van der Waals surface area contributed by atoms with Crippen molar-refractivity contribution in [3.05, 3.63) is 53.0 Å². The highest BCUT2D eigenvalue weighted by molar-refractivity contribution is 9.10. The van der Waals surface area contributed by atoms with Gasteiger partial charge in [0.15, 0.2) is 0 Å². The monoisotopic (exact) mass is 434 g/mol. The minimum absolute atomic E-state index is 0.0366. The van der Waals surface area contributed by atoms with Gasteiger partial charge in [0.1, 0.15) is 0 Å². The predicted octanol–water partition coefficient (Wildman–Crippen LogP) is 5.70. The molecule has 0 saturated heterocycles. The van der Waals surface area contributed by atoms with E-state index in [1.807, 2.05) is 55.5 Å². The fraction of sp³-hybridized carbons (Fsp3) is 0.300. The van der Waals surface area contributed by atoms with E-state index in [9.17, 15) is 9.59 Å². The van der Waals surface area contributed by atoms with E-state index in [0.717, 1.165) is 33.6 Å². The van der Waals surface area contributed by atoms with Crippen molar-refractivity contribution in [2.24, 2.45) is 0 Å². The van der Waals surface area contributed by atoms with Crippen molar-refractivity contribution in [2.45, 2.75) is 43.3 Å². The van der Waals surface area contributed by atoms with Crippen molar-refractivity contribution in [1.29, 1.82) is 0 Å². The van der Waals surface area contributed by atoms with E-state index in [4.69, 9.17) is 0 Å². The first-order chi connectivity index (χ1) is 12.5. The molecular weight excluding hydrogens is 412 g/mol. The van der Waals surface area contributed by atoms with Crippen LogP contribution in [0.3, 0.4) is 0 Å². The molecule has 1 atom stereocenters. The number of benzene rings is 2. The lowest BCUT2D eigenvalue weighted by atomic mass is 10.2. The first-order valence-electron chi connectivity index (χ1n) is 8.61. The molecule has 2 amide bonds. The number of hydrogen-bond donors (Lipinski definition) is 2.